The summed E-state index contributed by atoms with van der Waals surface area (Å²) in [6, 6.07) is 8.03. The molecule has 2 fully saturated rings. The van der Waals surface area contributed by atoms with Crippen LogP contribution < -0.4 is 10.6 Å². The Bertz CT molecular complexity index is 742. The van der Waals surface area contributed by atoms with Gasteiger partial charge in [-0.25, -0.2) is 0 Å². The Labute approximate surface area is 148 Å². The Morgan fingerprint density at radius 2 is 2.21 bits per heavy atom. The molecule has 4 rings (SSSR count). The van der Waals surface area contributed by atoms with Gasteiger partial charge in [-0.3, -0.25) is 4.79 Å². The topological polar surface area (TPSA) is 54.3 Å². The van der Waals surface area contributed by atoms with Crippen molar-refractivity contribution in [1.82, 2.24) is 10.6 Å². The number of rotatable bonds is 3. The second kappa shape index (κ2) is 6.77. The monoisotopic (exact) mass is 348 g/mol. The molecule has 4 nitrogen and oxygen atoms in total. The first-order valence-corrected chi connectivity index (χ1v) is 8.67. The summed E-state index contributed by atoms with van der Waals surface area (Å²) < 4.78 is 5.92. The number of carbonyl (C=O) groups excluding carboxylic acids is 1. The fourth-order valence-electron chi connectivity index (χ4n) is 4.42. The Balaban J connectivity index is 0.00000169. The highest BCUT2D eigenvalue weighted by Gasteiger charge is 2.49. The van der Waals surface area contributed by atoms with Gasteiger partial charge in [0.1, 0.15) is 11.3 Å². The third-order valence-electron chi connectivity index (χ3n) is 5.84. The minimum atomic E-state index is -0.196. The van der Waals surface area contributed by atoms with Crippen molar-refractivity contribution in [3.8, 4) is 0 Å². The van der Waals surface area contributed by atoms with Crippen molar-refractivity contribution in [1.29, 1.82) is 0 Å². The second-order valence-corrected chi connectivity index (χ2v) is 7.06. The molecule has 0 radical (unpaired) electrons. The average Bonchev–Trinajstić information content (AvgIpc) is 3.15. The van der Waals surface area contributed by atoms with Crippen molar-refractivity contribution < 1.29 is 9.21 Å². The first-order chi connectivity index (χ1) is 11.2. The number of fused-ring (bicyclic) bond motifs is 2. The van der Waals surface area contributed by atoms with Crippen LogP contribution >= 0.6 is 12.4 Å². The number of benzene rings is 1. The molecule has 2 atom stereocenters. The van der Waals surface area contributed by atoms with Gasteiger partial charge in [-0.2, -0.15) is 0 Å². The molecule has 1 aromatic carbocycles. The van der Waals surface area contributed by atoms with E-state index >= 15 is 0 Å². The smallest absolute Gasteiger partial charge is 0.228 e. The van der Waals surface area contributed by atoms with Crippen LogP contribution in [-0.2, 0) is 11.3 Å². The Morgan fingerprint density at radius 3 is 3.04 bits per heavy atom. The largest absolute Gasteiger partial charge is 0.459 e. The molecule has 1 amide bonds. The van der Waals surface area contributed by atoms with Crippen molar-refractivity contribution in [2.24, 2.45) is 11.3 Å². The van der Waals surface area contributed by atoms with Gasteiger partial charge < -0.3 is 15.1 Å². The molecule has 2 N–H and O–H groups in total. The SMILES string of the molecule is Cc1c(CNC(=O)[C@@]23CCCC[C@H]2CNC3)oc2ccccc12.Cl. The minimum Gasteiger partial charge on any atom is -0.459 e. The van der Waals surface area contributed by atoms with E-state index in [0.29, 0.717) is 12.5 Å². The maximum absolute atomic E-state index is 12.9. The van der Waals surface area contributed by atoms with Gasteiger partial charge in [0, 0.05) is 17.5 Å². The van der Waals surface area contributed by atoms with E-state index in [0.717, 1.165) is 48.2 Å². The van der Waals surface area contributed by atoms with Crippen LogP contribution in [0.1, 0.15) is 37.0 Å². The molecule has 1 aliphatic carbocycles. The fraction of sp³-hybridized carbons (Fsp3) is 0.526. The van der Waals surface area contributed by atoms with E-state index < -0.39 is 0 Å². The lowest BCUT2D eigenvalue weighted by Crippen LogP contribution is -2.47. The molecule has 5 heteroatoms. The van der Waals surface area contributed by atoms with Crippen molar-refractivity contribution in [3.05, 3.63) is 35.6 Å². The number of nitrogens with one attached hydrogen (secondary N) is 2. The molecule has 2 heterocycles. The number of aryl methyl sites for hydroxylation is 1. The predicted octanol–water partition coefficient (Wildman–Crippen LogP) is 3.56. The summed E-state index contributed by atoms with van der Waals surface area (Å²) in [5.74, 6) is 1.56. The van der Waals surface area contributed by atoms with E-state index in [1.165, 1.54) is 12.8 Å². The predicted molar refractivity (Wildman–Crippen MR) is 97.3 cm³/mol. The molecular formula is C19H25ClN2O2. The van der Waals surface area contributed by atoms with Crippen LogP contribution in [0.5, 0.6) is 0 Å². The Morgan fingerprint density at radius 1 is 1.38 bits per heavy atom. The van der Waals surface area contributed by atoms with Crippen LogP contribution in [0.15, 0.2) is 28.7 Å². The Kier molecular flexibility index (Phi) is 4.88. The van der Waals surface area contributed by atoms with Gasteiger partial charge in [-0.1, -0.05) is 31.0 Å². The summed E-state index contributed by atoms with van der Waals surface area (Å²) in [5, 5.41) is 7.73. The summed E-state index contributed by atoms with van der Waals surface area (Å²) in [6.07, 6.45) is 4.60. The number of hydrogen-bond acceptors (Lipinski definition) is 3. The first-order valence-electron chi connectivity index (χ1n) is 8.67. The van der Waals surface area contributed by atoms with Crippen LogP contribution in [0.2, 0.25) is 0 Å². The number of amides is 1. The number of para-hydroxylation sites is 1. The molecule has 1 saturated heterocycles. The van der Waals surface area contributed by atoms with Gasteiger partial charge in [0.2, 0.25) is 5.91 Å². The van der Waals surface area contributed by atoms with Crippen molar-refractivity contribution in [3.63, 3.8) is 0 Å². The van der Waals surface area contributed by atoms with Gasteiger partial charge in [-0.15, -0.1) is 12.4 Å². The highest BCUT2D eigenvalue weighted by atomic mass is 35.5. The van der Waals surface area contributed by atoms with Crippen LogP contribution in [0.3, 0.4) is 0 Å². The molecule has 24 heavy (non-hydrogen) atoms. The second-order valence-electron chi connectivity index (χ2n) is 7.06. The molecule has 2 aromatic rings. The lowest BCUT2D eigenvalue weighted by atomic mass is 9.67. The molecular weight excluding hydrogens is 324 g/mol. The van der Waals surface area contributed by atoms with Gasteiger partial charge in [0.05, 0.1) is 12.0 Å². The summed E-state index contributed by atoms with van der Waals surface area (Å²) in [4.78, 5) is 12.9. The highest BCUT2D eigenvalue weighted by Crippen LogP contribution is 2.44. The van der Waals surface area contributed by atoms with E-state index in [1.807, 2.05) is 18.2 Å². The number of furan rings is 1. The first kappa shape index (κ1) is 17.3. The average molecular weight is 349 g/mol. The third kappa shape index (κ3) is 2.72. The number of carbonyl (C=O) groups is 1. The molecule has 0 spiro atoms. The highest BCUT2D eigenvalue weighted by molar-refractivity contribution is 5.85. The van der Waals surface area contributed by atoms with Crippen molar-refractivity contribution >= 4 is 29.3 Å². The zero-order chi connectivity index (χ0) is 15.9. The molecule has 1 aliphatic heterocycles. The van der Waals surface area contributed by atoms with Crippen LogP contribution in [0.25, 0.3) is 11.0 Å². The summed E-state index contributed by atoms with van der Waals surface area (Å²) in [7, 11) is 0. The summed E-state index contributed by atoms with van der Waals surface area (Å²) in [5.41, 5.74) is 1.83. The van der Waals surface area contributed by atoms with E-state index in [1.54, 1.807) is 0 Å². The Hall–Kier alpha value is -1.52. The quantitative estimate of drug-likeness (QED) is 0.891. The van der Waals surface area contributed by atoms with Crippen LogP contribution in [0.4, 0.5) is 0 Å². The van der Waals surface area contributed by atoms with Crippen molar-refractivity contribution in [2.45, 2.75) is 39.2 Å². The summed E-state index contributed by atoms with van der Waals surface area (Å²) in [6.45, 7) is 4.35. The van der Waals surface area contributed by atoms with E-state index in [4.69, 9.17) is 4.42 Å². The molecule has 0 unspecified atom stereocenters. The van der Waals surface area contributed by atoms with Crippen molar-refractivity contribution in [2.75, 3.05) is 13.1 Å². The molecule has 130 valence electrons. The van der Waals surface area contributed by atoms with Gasteiger partial charge >= 0.3 is 0 Å². The maximum Gasteiger partial charge on any atom is 0.228 e. The number of hydrogen-bond donors (Lipinski definition) is 2. The maximum atomic E-state index is 12.9. The van der Waals surface area contributed by atoms with Gasteiger partial charge in [-0.05, 0) is 38.3 Å². The zero-order valence-corrected chi connectivity index (χ0v) is 14.9. The summed E-state index contributed by atoms with van der Waals surface area (Å²) >= 11 is 0. The lowest BCUT2D eigenvalue weighted by molar-refractivity contribution is -0.134. The molecule has 2 aliphatic rings. The zero-order valence-electron chi connectivity index (χ0n) is 14.1. The minimum absolute atomic E-state index is 0. The number of halogens is 1. The normalized spacial score (nSPS) is 26.0. The lowest BCUT2D eigenvalue weighted by Gasteiger charge is -2.37. The molecule has 1 aromatic heterocycles. The molecule has 0 bridgehead atoms. The van der Waals surface area contributed by atoms with E-state index in [-0.39, 0.29) is 23.7 Å². The van der Waals surface area contributed by atoms with E-state index in [9.17, 15) is 4.79 Å². The van der Waals surface area contributed by atoms with Gasteiger partial charge in [0.15, 0.2) is 0 Å². The van der Waals surface area contributed by atoms with Gasteiger partial charge in [0.25, 0.3) is 0 Å². The standard InChI is InChI=1S/C19H24N2O2.ClH/c1-13-15-7-2-3-8-16(15)23-17(13)11-21-18(22)19-9-5-4-6-14(19)10-20-12-19;/h2-3,7-8,14,20H,4-6,9-12H2,1H3,(H,21,22);1H/t14-,19+;/m0./s1. The van der Waals surface area contributed by atoms with Crippen LogP contribution in [0, 0.1) is 18.3 Å². The van der Waals surface area contributed by atoms with Crippen LogP contribution in [-0.4, -0.2) is 19.0 Å². The third-order valence-corrected chi connectivity index (χ3v) is 5.84. The fourth-order valence-corrected chi connectivity index (χ4v) is 4.42. The van der Waals surface area contributed by atoms with E-state index in [2.05, 4.69) is 23.6 Å². The molecule has 1 saturated carbocycles.